The van der Waals surface area contributed by atoms with E-state index in [-0.39, 0.29) is 11.4 Å². The summed E-state index contributed by atoms with van der Waals surface area (Å²) in [5.74, 6) is 0.770. The normalized spacial score (nSPS) is 11.7. The predicted octanol–water partition coefficient (Wildman–Crippen LogP) is 4.79. The van der Waals surface area contributed by atoms with Crippen molar-refractivity contribution >= 4 is 22.6 Å². The van der Waals surface area contributed by atoms with E-state index in [1.54, 1.807) is 0 Å². The van der Waals surface area contributed by atoms with Gasteiger partial charge in [-0.3, -0.25) is 4.79 Å². The van der Waals surface area contributed by atoms with E-state index < -0.39 is 0 Å². The second kappa shape index (κ2) is 9.02. The first-order valence-electron chi connectivity index (χ1n) is 9.77. The summed E-state index contributed by atoms with van der Waals surface area (Å²) in [4.78, 5) is 16.5. The van der Waals surface area contributed by atoms with Gasteiger partial charge in [0.25, 0.3) is 0 Å². The fraction of sp³-hybridized carbons (Fsp3) is 0.545. The number of nitrogens with zero attached hydrogens (tertiary/aromatic N) is 1. The summed E-state index contributed by atoms with van der Waals surface area (Å²) in [5, 5.41) is 4.15. The summed E-state index contributed by atoms with van der Waals surface area (Å²) >= 11 is 0. The van der Waals surface area contributed by atoms with Crippen LogP contribution in [-0.2, 0) is 17.6 Å². The summed E-state index contributed by atoms with van der Waals surface area (Å²) in [6.45, 7) is 8.22. The Balaban J connectivity index is 2.00. The molecule has 142 valence electrons. The first-order chi connectivity index (χ1) is 12.3. The Labute approximate surface area is 157 Å². The maximum atomic E-state index is 11.9. The third-order valence-electron chi connectivity index (χ3n) is 4.42. The molecule has 0 bridgehead atoms. The molecule has 0 spiro atoms. The van der Waals surface area contributed by atoms with Crippen molar-refractivity contribution in [2.75, 3.05) is 5.73 Å². The van der Waals surface area contributed by atoms with E-state index in [4.69, 9.17) is 5.73 Å². The van der Waals surface area contributed by atoms with Crippen LogP contribution >= 0.6 is 0 Å². The standard InChI is InChI=1S/C22H33N3O/c1-5-6-7-10-17-15-18-14-16(12-13-19(18)24-21(17)23)9-8-11-20(26)25-22(2,3)4/h12-15H,5-11H2,1-4H3,(H2,23,24)(H,25,26). The van der Waals surface area contributed by atoms with Crippen molar-refractivity contribution in [1.82, 2.24) is 10.3 Å². The smallest absolute Gasteiger partial charge is 0.220 e. The lowest BCUT2D eigenvalue weighted by Gasteiger charge is -2.20. The molecule has 26 heavy (non-hydrogen) atoms. The number of hydrogen-bond donors (Lipinski definition) is 2. The van der Waals surface area contributed by atoms with Crippen LogP contribution in [0.25, 0.3) is 10.9 Å². The van der Waals surface area contributed by atoms with Gasteiger partial charge in [0.1, 0.15) is 5.82 Å². The van der Waals surface area contributed by atoms with Crippen molar-refractivity contribution in [3.63, 3.8) is 0 Å². The van der Waals surface area contributed by atoms with Crippen LogP contribution < -0.4 is 11.1 Å². The second-order valence-corrected chi connectivity index (χ2v) is 8.17. The highest BCUT2D eigenvalue weighted by molar-refractivity contribution is 5.82. The van der Waals surface area contributed by atoms with Crippen molar-refractivity contribution < 1.29 is 4.79 Å². The number of anilines is 1. The molecule has 0 aliphatic heterocycles. The van der Waals surface area contributed by atoms with Crippen molar-refractivity contribution in [3.8, 4) is 0 Å². The largest absolute Gasteiger partial charge is 0.383 e. The van der Waals surface area contributed by atoms with Gasteiger partial charge in [-0.2, -0.15) is 0 Å². The molecule has 3 N–H and O–H groups in total. The average Bonchev–Trinajstić information content (AvgIpc) is 2.54. The average molecular weight is 356 g/mol. The minimum Gasteiger partial charge on any atom is -0.383 e. The van der Waals surface area contributed by atoms with E-state index in [0.717, 1.165) is 42.1 Å². The molecule has 4 nitrogen and oxygen atoms in total. The number of amides is 1. The monoisotopic (exact) mass is 355 g/mol. The van der Waals surface area contributed by atoms with Crippen LogP contribution in [-0.4, -0.2) is 16.4 Å². The zero-order chi connectivity index (χ0) is 19.2. The number of nitrogens with two attached hydrogens (primary N) is 1. The number of aryl methyl sites for hydroxylation is 2. The van der Waals surface area contributed by atoms with Crippen LogP contribution in [0.3, 0.4) is 0 Å². The Morgan fingerprint density at radius 3 is 2.58 bits per heavy atom. The van der Waals surface area contributed by atoms with Gasteiger partial charge >= 0.3 is 0 Å². The lowest BCUT2D eigenvalue weighted by molar-refractivity contribution is -0.122. The maximum Gasteiger partial charge on any atom is 0.220 e. The molecule has 0 unspecified atom stereocenters. The fourth-order valence-corrected chi connectivity index (χ4v) is 3.14. The van der Waals surface area contributed by atoms with E-state index in [1.165, 1.54) is 18.4 Å². The van der Waals surface area contributed by atoms with Crippen LogP contribution in [0.1, 0.15) is 70.9 Å². The molecule has 0 atom stereocenters. The number of benzene rings is 1. The molecule has 4 heteroatoms. The van der Waals surface area contributed by atoms with Crippen LogP contribution in [0.5, 0.6) is 0 Å². The van der Waals surface area contributed by atoms with Crippen LogP contribution in [0.4, 0.5) is 5.82 Å². The third kappa shape index (κ3) is 6.32. The van der Waals surface area contributed by atoms with E-state index in [2.05, 4.69) is 35.4 Å². The molecule has 2 rings (SSSR count). The number of aromatic nitrogens is 1. The number of pyridine rings is 1. The van der Waals surface area contributed by atoms with Gasteiger partial charge in [0, 0.05) is 17.3 Å². The van der Waals surface area contributed by atoms with Crippen molar-refractivity contribution in [2.24, 2.45) is 0 Å². The Hall–Kier alpha value is -2.10. The highest BCUT2D eigenvalue weighted by atomic mass is 16.1. The Bertz CT molecular complexity index is 747. The lowest BCUT2D eigenvalue weighted by atomic mass is 10.0. The SMILES string of the molecule is CCCCCc1cc2cc(CCCC(=O)NC(C)(C)C)ccc2nc1N. The van der Waals surface area contributed by atoms with Crippen LogP contribution in [0.15, 0.2) is 24.3 Å². The van der Waals surface area contributed by atoms with Gasteiger partial charge in [-0.25, -0.2) is 4.98 Å². The van der Waals surface area contributed by atoms with Crippen molar-refractivity contribution in [3.05, 3.63) is 35.4 Å². The fourth-order valence-electron chi connectivity index (χ4n) is 3.14. The highest BCUT2D eigenvalue weighted by Crippen LogP contribution is 2.22. The molecule has 1 amide bonds. The summed E-state index contributed by atoms with van der Waals surface area (Å²) in [6.07, 6.45) is 6.85. The quantitative estimate of drug-likeness (QED) is 0.669. The summed E-state index contributed by atoms with van der Waals surface area (Å²) in [7, 11) is 0. The lowest BCUT2D eigenvalue weighted by Crippen LogP contribution is -2.40. The molecule has 0 saturated heterocycles. The van der Waals surface area contributed by atoms with Crippen molar-refractivity contribution in [1.29, 1.82) is 0 Å². The summed E-state index contributed by atoms with van der Waals surface area (Å²) < 4.78 is 0. The summed E-state index contributed by atoms with van der Waals surface area (Å²) in [6, 6.07) is 8.50. The number of fused-ring (bicyclic) bond motifs is 1. The minimum absolute atomic E-state index is 0.117. The molecule has 0 saturated carbocycles. The van der Waals surface area contributed by atoms with Crippen LogP contribution in [0, 0.1) is 0 Å². The highest BCUT2D eigenvalue weighted by Gasteiger charge is 2.13. The molecule has 1 aromatic carbocycles. The Morgan fingerprint density at radius 1 is 1.12 bits per heavy atom. The number of nitrogen functional groups attached to an aromatic ring is 1. The molecule has 2 aromatic rings. The molecular formula is C22H33N3O. The Morgan fingerprint density at radius 2 is 1.88 bits per heavy atom. The Kier molecular flexibility index (Phi) is 7.01. The van der Waals surface area contributed by atoms with Gasteiger partial charge in [-0.1, -0.05) is 25.8 Å². The molecular weight excluding hydrogens is 322 g/mol. The number of rotatable bonds is 8. The molecule has 0 aliphatic rings. The van der Waals surface area contributed by atoms with E-state index in [9.17, 15) is 4.79 Å². The van der Waals surface area contributed by atoms with E-state index in [0.29, 0.717) is 12.2 Å². The molecule has 1 heterocycles. The second-order valence-electron chi connectivity index (χ2n) is 8.17. The van der Waals surface area contributed by atoms with E-state index >= 15 is 0 Å². The zero-order valence-electron chi connectivity index (χ0n) is 16.7. The first kappa shape index (κ1) is 20.2. The van der Waals surface area contributed by atoms with Gasteiger partial charge < -0.3 is 11.1 Å². The molecule has 1 aromatic heterocycles. The van der Waals surface area contributed by atoms with Gasteiger partial charge in [0.2, 0.25) is 5.91 Å². The number of unbranched alkanes of at least 4 members (excludes halogenated alkanes) is 2. The maximum absolute atomic E-state index is 11.9. The number of carbonyl (C=O) groups is 1. The predicted molar refractivity (Wildman–Crippen MR) is 110 cm³/mol. The number of carbonyl (C=O) groups excluding carboxylic acids is 1. The van der Waals surface area contributed by atoms with Crippen molar-refractivity contribution in [2.45, 2.75) is 78.2 Å². The number of nitrogens with one attached hydrogen (secondary N) is 1. The molecule has 0 radical (unpaired) electrons. The van der Waals surface area contributed by atoms with Crippen LogP contribution in [0.2, 0.25) is 0 Å². The van der Waals surface area contributed by atoms with Gasteiger partial charge in [-0.05, 0) is 75.8 Å². The van der Waals surface area contributed by atoms with Gasteiger partial charge in [0.15, 0.2) is 0 Å². The van der Waals surface area contributed by atoms with Gasteiger partial charge in [-0.15, -0.1) is 0 Å². The first-order valence-corrected chi connectivity index (χ1v) is 9.77. The topological polar surface area (TPSA) is 68.0 Å². The number of hydrogen-bond acceptors (Lipinski definition) is 3. The molecule has 0 aliphatic carbocycles. The summed E-state index contributed by atoms with van der Waals surface area (Å²) in [5.41, 5.74) is 9.28. The van der Waals surface area contributed by atoms with Gasteiger partial charge in [0.05, 0.1) is 5.52 Å². The third-order valence-corrected chi connectivity index (χ3v) is 4.42. The molecule has 0 fully saturated rings. The van der Waals surface area contributed by atoms with E-state index in [1.807, 2.05) is 26.8 Å². The zero-order valence-corrected chi connectivity index (χ0v) is 16.7. The minimum atomic E-state index is -0.167.